The van der Waals surface area contributed by atoms with Crippen LogP contribution in [-0.4, -0.2) is 56.8 Å². The molecule has 27 heavy (non-hydrogen) atoms. The first kappa shape index (κ1) is 19.9. The summed E-state index contributed by atoms with van der Waals surface area (Å²) in [7, 11) is -2.09. The molecular formula is C18H18Cl2N2O4S. The summed E-state index contributed by atoms with van der Waals surface area (Å²) in [4.78, 5) is 14.4. The lowest BCUT2D eigenvalue weighted by Crippen LogP contribution is -2.50. The predicted octanol–water partition coefficient (Wildman–Crippen LogP) is 3.15. The fourth-order valence-corrected chi connectivity index (χ4v) is 4.56. The monoisotopic (exact) mass is 428 g/mol. The van der Waals surface area contributed by atoms with Gasteiger partial charge >= 0.3 is 0 Å². The van der Waals surface area contributed by atoms with Gasteiger partial charge in [0.15, 0.2) is 0 Å². The molecule has 6 nitrogen and oxygen atoms in total. The molecule has 1 aliphatic heterocycles. The molecule has 0 radical (unpaired) electrons. The molecule has 0 aromatic heterocycles. The average molecular weight is 429 g/mol. The third-order valence-corrected chi connectivity index (χ3v) is 7.04. The van der Waals surface area contributed by atoms with Crippen LogP contribution in [0.1, 0.15) is 10.4 Å². The number of piperazine rings is 1. The van der Waals surface area contributed by atoms with E-state index in [1.165, 1.54) is 29.6 Å². The summed E-state index contributed by atoms with van der Waals surface area (Å²) in [5.41, 5.74) is 0.427. The van der Waals surface area contributed by atoms with Crippen molar-refractivity contribution in [2.24, 2.45) is 0 Å². The molecule has 1 saturated heterocycles. The minimum atomic E-state index is -3.61. The van der Waals surface area contributed by atoms with Crippen LogP contribution in [0, 0.1) is 0 Å². The van der Waals surface area contributed by atoms with Crippen LogP contribution in [-0.2, 0) is 10.0 Å². The number of nitrogens with zero attached hydrogens (tertiary/aromatic N) is 2. The van der Waals surface area contributed by atoms with Crippen LogP contribution in [0.2, 0.25) is 10.0 Å². The Balaban J connectivity index is 1.68. The van der Waals surface area contributed by atoms with E-state index < -0.39 is 10.0 Å². The van der Waals surface area contributed by atoms with Crippen LogP contribution < -0.4 is 4.74 Å². The van der Waals surface area contributed by atoms with Crippen LogP contribution >= 0.6 is 23.2 Å². The van der Waals surface area contributed by atoms with Crippen molar-refractivity contribution >= 4 is 39.1 Å². The zero-order valence-corrected chi connectivity index (χ0v) is 16.9. The maximum atomic E-state index is 12.8. The number of halogens is 2. The normalized spacial score (nSPS) is 15.6. The first-order valence-electron chi connectivity index (χ1n) is 8.21. The van der Waals surface area contributed by atoms with Crippen molar-refractivity contribution in [3.8, 4) is 5.75 Å². The molecule has 1 heterocycles. The van der Waals surface area contributed by atoms with Crippen molar-refractivity contribution in [3.05, 3.63) is 58.1 Å². The predicted molar refractivity (Wildman–Crippen MR) is 104 cm³/mol. The number of hydrogen-bond acceptors (Lipinski definition) is 4. The molecule has 3 rings (SSSR count). The Labute approximate surface area is 168 Å². The van der Waals surface area contributed by atoms with E-state index in [9.17, 15) is 13.2 Å². The smallest absolute Gasteiger partial charge is 0.253 e. The highest BCUT2D eigenvalue weighted by atomic mass is 35.5. The largest absolute Gasteiger partial charge is 0.497 e. The van der Waals surface area contributed by atoms with E-state index in [-0.39, 0.29) is 23.9 Å². The molecule has 1 amide bonds. The molecule has 0 aliphatic carbocycles. The van der Waals surface area contributed by atoms with Gasteiger partial charge in [-0.2, -0.15) is 4.31 Å². The van der Waals surface area contributed by atoms with E-state index in [2.05, 4.69) is 0 Å². The van der Waals surface area contributed by atoms with E-state index in [1.807, 2.05) is 0 Å². The zero-order chi connectivity index (χ0) is 19.6. The van der Waals surface area contributed by atoms with Crippen molar-refractivity contribution in [3.63, 3.8) is 0 Å². The van der Waals surface area contributed by atoms with Crippen LogP contribution in [0.4, 0.5) is 0 Å². The first-order valence-corrected chi connectivity index (χ1v) is 10.4. The molecule has 144 valence electrons. The van der Waals surface area contributed by atoms with Gasteiger partial charge in [0.05, 0.1) is 22.1 Å². The molecule has 0 N–H and O–H groups in total. The second-order valence-electron chi connectivity index (χ2n) is 6.00. The fraction of sp³-hybridized carbons (Fsp3) is 0.278. The lowest BCUT2D eigenvalue weighted by molar-refractivity contribution is 0.0698. The Bertz CT molecular complexity index is 940. The number of amides is 1. The van der Waals surface area contributed by atoms with Gasteiger partial charge in [-0.25, -0.2) is 8.42 Å². The average Bonchev–Trinajstić information content (AvgIpc) is 2.69. The van der Waals surface area contributed by atoms with Gasteiger partial charge in [0.1, 0.15) is 5.75 Å². The standard InChI is InChI=1S/C18H18Cl2N2O4S/c1-26-14-3-5-15(6-4-14)27(24,25)22-10-8-21(9-11-22)18(23)13-2-7-16(19)17(20)12-13/h2-7,12H,8-11H2,1H3. The maximum absolute atomic E-state index is 12.8. The van der Waals surface area contributed by atoms with Gasteiger partial charge in [-0.05, 0) is 42.5 Å². The highest BCUT2D eigenvalue weighted by Gasteiger charge is 2.30. The Morgan fingerprint density at radius 3 is 2.15 bits per heavy atom. The summed E-state index contributed by atoms with van der Waals surface area (Å²) >= 11 is 11.8. The summed E-state index contributed by atoms with van der Waals surface area (Å²) < 4.78 is 32.0. The highest BCUT2D eigenvalue weighted by Crippen LogP contribution is 2.24. The van der Waals surface area contributed by atoms with Crippen LogP contribution in [0.3, 0.4) is 0 Å². The maximum Gasteiger partial charge on any atom is 0.253 e. The van der Waals surface area contributed by atoms with E-state index in [0.29, 0.717) is 34.4 Å². The van der Waals surface area contributed by atoms with Crippen LogP contribution in [0.5, 0.6) is 5.75 Å². The number of ether oxygens (including phenoxy) is 1. The Hall–Kier alpha value is -1.80. The minimum Gasteiger partial charge on any atom is -0.497 e. The summed E-state index contributed by atoms with van der Waals surface area (Å²) in [6.07, 6.45) is 0. The number of carbonyl (C=O) groups excluding carboxylic acids is 1. The van der Waals surface area contributed by atoms with Gasteiger partial charge in [-0.15, -0.1) is 0 Å². The van der Waals surface area contributed by atoms with Crippen LogP contribution in [0.15, 0.2) is 47.4 Å². The summed E-state index contributed by atoms with van der Waals surface area (Å²) in [6.45, 7) is 1.05. The molecule has 2 aromatic carbocycles. The summed E-state index contributed by atoms with van der Waals surface area (Å²) in [5.74, 6) is 0.390. The van der Waals surface area contributed by atoms with Gasteiger partial charge < -0.3 is 9.64 Å². The molecule has 0 saturated carbocycles. The quantitative estimate of drug-likeness (QED) is 0.749. The number of hydrogen-bond donors (Lipinski definition) is 0. The van der Waals surface area contributed by atoms with Gasteiger partial charge in [-0.3, -0.25) is 4.79 Å². The topological polar surface area (TPSA) is 66.9 Å². The van der Waals surface area contributed by atoms with E-state index in [1.54, 1.807) is 29.2 Å². The molecule has 9 heteroatoms. The van der Waals surface area contributed by atoms with E-state index in [4.69, 9.17) is 27.9 Å². The Morgan fingerprint density at radius 1 is 0.963 bits per heavy atom. The van der Waals surface area contributed by atoms with Gasteiger partial charge in [0.2, 0.25) is 10.0 Å². The van der Waals surface area contributed by atoms with Gasteiger partial charge in [0.25, 0.3) is 5.91 Å². The second-order valence-corrected chi connectivity index (χ2v) is 8.75. The molecule has 0 bridgehead atoms. The molecule has 1 fully saturated rings. The van der Waals surface area contributed by atoms with Crippen molar-refractivity contribution in [1.82, 2.24) is 9.21 Å². The summed E-state index contributed by atoms with van der Waals surface area (Å²) in [5, 5.41) is 0.687. The number of benzene rings is 2. The van der Waals surface area contributed by atoms with E-state index >= 15 is 0 Å². The lowest BCUT2D eigenvalue weighted by atomic mass is 10.2. The second kappa shape index (κ2) is 8.06. The van der Waals surface area contributed by atoms with Crippen molar-refractivity contribution in [2.75, 3.05) is 33.3 Å². The molecule has 0 unspecified atom stereocenters. The third kappa shape index (κ3) is 4.21. The zero-order valence-electron chi connectivity index (χ0n) is 14.6. The molecule has 0 spiro atoms. The van der Waals surface area contributed by atoms with Crippen molar-refractivity contribution in [2.45, 2.75) is 4.90 Å². The third-order valence-electron chi connectivity index (χ3n) is 4.39. The number of carbonyl (C=O) groups is 1. The summed E-state index contributed by atoms with van der Waals surface area (Å²) in [6, 6.07) is 10.9. The van der Waals surface area contributed by atoms with Crippen molar-refractivity contribution in [1.29, 1.82) is 0 Å². The number of methoxy groups -OCH3 is 1. The molecule has 0 atom stereocenters. The molecular weight excluding hydrogens is 411 g/mol. The van der Waals surface area contributed by atoms with Gasteiger partial charge in [-0.1, -0.05) is 23.2 Å². The number of sulfonamides is 1. The molecule has 2 aromatic rings. The first-order chi connectivity index (χ1) is 12.8. The fourth-order valence-electron chi connectivity index (χ4n) is 2.84. The highest BCUT2D eigenvalue weighted by molar-refractivity contribution is 7.89. The Kier molecular flexibility index (Phi) is 5.95. The molecule has 1 aliphatic rings. The number of rotatable bonds is 4. The van der Waals surface area contributed by atoms with Crippen molar-refractivity contribution < 1.29 is 17.9 Å². The van der Waals surface area contributed by atoms with E-state index in [0.717, 1.165) is 0 Å². The van der Waals surface area contributed by atoms with Gasteiger partial charge in [0, 0.05) is 31.7 Å². The lowest BCUT2D eigenvalue weighted by Gasteiger charge is -2.34. The minimum absolute atomic E-state index is 0.199. The van der Waals surface area contributed by atoms with Crippen LogP contribution in [0.25, 0.3) is 0 Å². The SMILES string of the molecule is COc1ccc(S(=O)(=O)N2CCN(C(=O)c3ccc(Cl)c(Cl)c3)CC2)cc1. The Morgan fingerprint density at radius 2 is 1.59 bits per heavy atom.